The second-order valence-corrected chi connectivity index (χ2v) is 12.3. The molecule has 8 nitrogen and oxygen atoms in total. The Morgan fingerprint density at radius 1 is 1.00 bits per heavy atom. The van der Waals surface area contributed by atoms with Crippen molar-refractivity contribution in [2.24, 2.45) is 12.5 Å². The molecule has 37 heavy (non-hydrogen) atoms. The lowest BCUT2D eigenvalue weighted by Crippen LogP contribution is -2.41. The van der Waals surface area contributed by atoms with Crippen molar-refractivity contribution in [1.29, 1.82) is 0 Å². The van der Waals surface area contributed by atoms with Gasteiger partial charge in [-0.2, -0.15) is 0 Å². The smallest absolute Gasteiger partial charge is 0.275 e. The van der Waals surface area contributed by atoms with E-state index < -0.39 is 10.0 Å². The normalized spacial score (nSPS) is 17.6. The number of aromatic nitrogens is 3. The predicted octanol–water partition coefficient (Wildman–Crippen LogP) is 3.53. The van der Waals surface area contributed by atoms with E-state index in [9.17, 15) is 13.2 Å². The van der Waals surface area contributed by atoms with Crippen LogP contribution in [0.25, 0.3) is 22.0 Å². The van der Waals surface area contributed by atoms with Gasteiger partial charge in [0.2, 0.25) is 0 Å². The van der Waals surface area contributed by atoms with Crippen LogP contribution in [0.4, 0.5) is 5.82 Å². The van der Waals surface area contributed by atoms with Crippen molar-refractivity contribution < 1.29 is 8.42 Å². The molecule has 0 atom stereocenters. The molecule has 5 heterocycles. The number of fused-ring (bicyclic) bond motifs is 1. The van der Waals surface area contributed by atoms with Crippen molar-refractivity contribution in [3.8, 4) is 11.1 Å². The van der Waals surface area contributed by atoms with Crippen LogP contribution in [0.3, 0.4) is 0 Å². The van der Waals surface area contributed by atoms with Gasteiger partial charge in [-0.3, -0.25) is 4.79 Å². The van der Waals surface area contributed by atoms with Crippen LogP contribution in [0.1, 0.15) is 24.8 Å². The molecule has 2 aliphatic rings. The lowest BCUT2D eigenvalue weighted by molar-refractivity contribution is 0.247. The second-order valence-electron chi connectivity index (χ2n) is 10.5. The van der Waals surface area contributed by atoms with Crippen LogP contribution in [0, 0.1) is 12.3 Å². The van der Waals surface area contributed by atoms with Crippen LogP contribution in [0.15, 0.2) is 70.7 Å². The molecule has 0 unspecified atom stereocenters. The van der Waals surface area contributed by atoms with Gasteiger partial charge in [-0.1, -0.05) is 17.7 Å². The van der Waals surface area contributed by atoms with Crippen LogP contribution < -0.4 is 15.8 Å². The fraction of sp³-hybridized carbons (Fsp3) is 0.357. The van der Waals surface area contributed by atoms with E-state index in [0.29, 0.717) is 10.8 Å². The Morgan fingerprint density at radius 3 is 2.41 bits per heavy atom. The molecule has 0 aliphatic carbocycles. The number of piperidine rings is 1. The number of rotatable bonds is 4. The number of hydrogen-bond donors (Lipinski definition) is 1. The molecule has 192 valence electrons. The molecular formula is C28H31N5O3S. The quantitative estimate of drug-likeness (QED) is 0.446. The number of anilines is 1. The lowest BCUT2D eigenvalue weighted by Gasteiger charge is -2.39. The van der Waals surface area contributed by atoms with Crippen molar-refractivity contribution in [3.05, 3.63) is 77.0 Å². The Labute approximate surface area is 216 Å². The van der Waals surface area contributed by atoms with E-state index in [2.05, 4.69) is 10.2 Å². The molecule has 4 aromatic rings. The molecule has 2 fully saturated rings. The molecule has 9 heteroatoms. The van der Waals surface area contributed by atoms with Gasteiger partial charge in [0.15, 0.2) is 0 Å². The standard InChI is InChI=1S/C28H31N5O3S/c1-20-3-6-22(7-4-20)37(35,36)33-14-9-23-24(18-31(2)27(34)26(23)33)21-5-8-25(30-17-21)32-15-11-28(12-16-32)10-13-29-19-28/h3-9,14,17-18,29H,10-13,15-16,19H2,1-2H3. The molecule has 2 aliphatic heterocycles. The molecule has 6 rings (SSSR count). The minimum absolute atomic E-state index is 0.135. The zero-order valence-electron chi connectivity index (χ0n) is 21.1. The molecule has 0 amide bonds. The molecular weight excluding hydrogens is 486 g/mol. The number of nitrogens with one attached hydrogen (secondary N) is 1. The van der Waals surface area contributed by atoms with Crippen LogP contribution in [0.2, 0.25) is 0 Å². The summed E-state index contributed by atoms with van der Waals surface area (Å²) in [5, 5.41) is 4.10. The molecule has 0 bridgehead atoms. The maximum Gasteiger partial charge on any atom is 0.275 e. The topological polar surface area (TPSA) is 89.2 Å². The van der Waals surface area contributed by atoms with E-state index in [1.807, 2.05) is 25.3 Å². The van der Waals surface area contributed by atoms with Gasteiger partial charge >= 0.3 is 0 Å². The maximum absolute atomic E-state index is 13.4. The molecule has 0 saturated carbocycles. The summed E-state index contributed by atoms with van der Waals surface area (Å²) in [7, 11) is -2.29. The molecule has 1 aromatic carbocycles. The minimum atomic E-state index is -3.93. The fourth-order valence-electron chi connectivity index (χ4n) is 5.75. The van der Waals surface area contributed by atoms with Crippen molar-refractivity contribution in [3.63, 3.8) is 0 Å². The van der Waals surface area contributed by atoms with Crippen LogP contribution >= 0.6 is 0 Å². The fourth-order valence-corrected chi connectivity index (χ4v) is 7.09. The lowest BCUT2D eigenvalue weighted by atomic mass is 9.78. The number of nitrogens with zero attached hydrogens (tertiary/aromatic N) is 4. The zero-order valence-corrected chi connectivity index (χ0v) is 22.0. The minimum Gasteiger partial charge on any atom is -0.357 e. The highest BCUT2D eigenvalue weighted by atomic mass is 32.2. The Bertz CT molecular complexity index is 1620. The number of hydrogen-bond acceptors (Lipinski definition) is 6. The highest BCUT2D eigenvalue weighted by Gasteiger charge is 2.37. The van der Waals surface area contributed by atoms with Crippen LogP contribution in [-0.4, -0.2) is 48.1 Å². The summed E-state index contributed by atoms with van der Waals surface area (Å²) in [5.74, 6) is 0.949. The summed E-state index contributed by atoms with van der Waals surface area (Å²) in [6.07, 6.45) is 8.65. The first-order valence-corrected chi connectivity index (χ1v) is 14.2. The largest absolute Gasteiger partial charge is 0.357 e. The summed E-state index contributed by atoms with van der Waals surface area (Å²) < 4.78 is 29.4. The van der Waals surface area contributed by atoms with Crippen molar-refractivity contribution >= 4 is 26.7 Å². The van der Waals surface area contributed by atoms with Crippen molar-refractivity contribution in [2.45, 2.75) is 31.1 Å². The first-order valence-electron chi connectivity index (χ1n) is 12.7. The van der Waals surface area contributed by atoms with Crippen LogP contribution in [0.5, 0.6) is 0 Å². The van der Waals surface area contributed by atoms with Gasteiger partial charge in [-0.05, 0) is 68.5 Å². The van der Waals surface area contributed by atoms with Crippen molar-refractivity contribution in [2.75, 3.05) is 31.1 Å². The van der Waals surface area contributed by atoms with E-state index in [1.165, 1.54) is 30.0 Å². The summed E-state index contributed by atoms with van der Waals surface area (Å²) in [4.78, 5) is 20.4. The Morgan fingerprint density at radius 2 is 1.76 bits per heavy atom. The highest BCUT2D eigenvalue weighted by molar-refractivity contribution is 7.90. The Balaban J connectivity index is 1.35. The first-order chi connectivity index (χ1) is 17.8. The van der Waals surface area contributed by atoms with E-state index in [4.69, 9.17) is 4.98 Å². The zero-order chi connectivity index (χ0) is 25.8. The van der Waals surface area contributed by atoms with Gasteiger partial charge < -0.3 is 14.8 Å². The molecule has 2 saturated heterocycles. The monoisotopic (exact) mass is 517 g/mol. The van der Waals surface area contributed by atoms with E-state index >= 15 is 0 Å². The summed E-state index contributed by atoms with van der Waals surface area (Å²) in [5.41, 5.74) is 2.78. The number of pyridine rings is 2. The predicted molar refractivity (Wildman–Crippen MR) is 146 cm³/mol. The van der Waals surface area contributed by atoms with Gasteiger partial charge in [-0.15, -0.1) is 0 Å². The highest BCUT2D eigenvalue weighted by Crippen LogP contribution is 2.38. The van der Waals surface area contributed by atoms with Gasteiger partial charge in [0.1, 0.15) is 11.3 Å². The Hall–Kier alpha value is -3.43. The maximum atomic E-state index is 13.4. The van der Waals surface area contributed by atoms with Gasteiger partial charge in [0.25, 0.3) is 15.6 Å². The molecule has 1 spiro atoms. The average Bonchev–Trinajstić information content (AvgIpc) is 3.56. The first kappa shape index (κ1) is 23.9. The second kappa shape index (κ2) is 8.85. The van der Waals surface area contributed by atoms with Gasteiger partial charge in [-0.25, -0.2) is 17.4 Å². The summed E-state index contributed by atoms with van der Waals surface area (Å²) >= 11 is 0. The SMILES string of the molecule is Cc1ccc(S(=O)(=O)n2ccc3c(-c4ccc(N5CCC6(CCNC6)CC5)nc4)cn(C)c(=O)c32)cc1. The summed E-state index contributed by atoms with van der Waals surface area (Å²) in [6.45, 7) is 6.14. The van der Waals surface area contributed by atoms with Gasteiger partial charge in [0, 0.05) is 61.8 Å². The number of aryl methyl sites for hydroxylation is 2. The molecule has 0 radical (unpaired) electrons. The van der Waals surface area contributed by atoms with Crippen molar-refractivity contribution in [1.82, 2.24) is 18.8 Å². The summed E-state index contributed by atoms with van der Waals surface area (Å²) in [6, 6.07) is 12.4. The third-order valence-electron chi connectivity index (χ3n) is 8.10. The molecule has 1 N–H and O–H groups in total. The van der Waals surface area contributed by atoms with E-state index in [-0.39, 0.29) is 16.0 Å². The Kier molecular flexibility index (Phi) is 5.72. The van der Waals surface area contributed by atoms with Gasteiger partial charge in [0.05, 0.1) is 4.90 Å². The van der Waals surface area contributed by atoms with E-state index in [1.54, 1.807) is 43.6 Å². The van der Waals surface area contributed by atoms with Crippen LogP contribution in [-0.2, 0) is 17.1 Å². The molecule has 3 aromatic heterocycles. The third kappa shape index (κ3) is 4.06. The average molecular weight is 518 g/mol. The number of benzene rings is 1. The third-order valence-corrected chi connectivity index (χ3v) is 9.79. The van der Waals surface area contributed by atoms with E-state index in [0.717, 1.165) is 52.7 Å².